The summed E-state index contributed by atoms with van der Waals surface area (Å²) < 4.78 is 0. The average molecular weight is 409 g/mol. The van der Waals surface area contributed by atoms with Crippen molar-refractivity contribution >= 4 is 29.7 Å². The summed E-state index contributed by atoms with van der Waals surface area (Å²) in [5.74, 6) is 2.51. The van der Waals surface area contributed by atoms with Gasteiger partial charge in [-0.25, -0.2) is 0 Å². The first-order chi connectivity index (χ1) is 14.5. The summed E-state index contributed by atoms with van der Waals surface area (Å²) in [6.07, 6.45) is 3.91. The van der Waals surface area contributed by atoms with Crippen LogP contribution >= 0.6 is 0 Å². The molecule has 1 aromatic carbocycles. The number of anilines is 1. The number of hydrogen-bond donors (Lipinski definition) is 4. The maximum absolute atomic E-state index is 12.7. The molecule has 3 atom stereocenters. The summed E-state index contributed by atoms with van der Waals surface area (Å²) in [4.78, 5) is 40.7. The Morgan fingerprint density at radius 1 is 1.13 bits per heavy atom. The molecule has 2 amide bonds. The van der Waals surface area contributed by atoms with Gasteiger partial charge in [-0.15, -0.1) is 0 Å². The van der Waals surface area contributed by atoms with Crippen LogP contribution in [0.1, 0.15) is 36.6 Å². The van der Waals surface area contributed by atoms with E-state index in [4.69, 9.17) is 10.9 Å². The van der Waals surface area contributed by atoms with Gasteiger partial charge in [-0.1, -0.05) is 18.2 Å². The highest BCUT2D eigenvalue weighted by molar-refractivity contribution is 5.97. The second-order valence-corrected chi connectivity index (χ2v) is 7.09. The molecule has 1 saturated carbocycles. The van der Waals surface area contributed by atoms with Crippen molar-refractivity contribution in [1.29, 1.82) is 0 Å². The van der Waals surface area contributed by atoms with E-state index >= 15 is 0 Å². The minimum Gasteiger partial charge on any atom is -0.481 e. The number of carbonyl (C=O) groups is 3. The predicted molar refractivity (Wildman–Crippen MR) is 110 cm³/mol. The van der Waals surface area contributed by atoms with Gasteiger partial charge < -0.3 is 21.6 Å². The van der Waals surface area contributed by atoms with Crippen molar-refractivity contribution in [3.63, 3.8) is 0 Å². The Morgan fingerprint density at radius 2 is 1.83 bits per heavy atom. The zero-order valence-corrected chi connectivity index (χ0v) is 16.2. The number of hydrogen-bond acceptors (Lipinski definition) is 6. The maximum Gasteiger partial charge on any atom is 0.305 e. The Labute approximate surface area is 173 Å². The molecule has 0 radical (unpaired) electrons. The predicted octanol–water partition coefficient (Wildman–Crippen LogP) is 1.67. The van der Waals surface area contributed by atoms with Crippen LogP contribution in [0, 0.1) is 11.8 Å². The van der Waals surface area contributed by atoms with Crippen molar-refractivity contribution < 1.29 is 19.5 Å². The molecule has 1 fully saturated rings. The molecule has 5 N–H and O–H groups in total. The number of pyridine rings is 1. The molecular formula is C21H23N5O4. The van der Waals surface area contributed by atoms with Gasteiger partial charge in [-0.3, -0.25) is 19.4 Å². The smallest absolute Gasteiger partial charge is 0.305 e. The topological polar surface area (TPSA) is 147 Å². The van der Waals surface area contributed by atoms with Gasteiger partial charge in [0.1, 0.15) is 0 Å². The fourth-order valence-corrected chi connectivity index (χ4v) is 3.37. The SMILES string of the molecule is NN=Cc1ccc(NC(=O)C2CCC2C(=O)NC(CC(=O)O)c2ccccn2)cc1. The number of carbonyl (C=O) groups excluding carboxylic acids is 2. The fraction of sp³-hybridized carbons (Fsp3) is 0.286. The molecule has 30 heavy (non-hydrogen) atoms. The molecule has 3 rings (SSSR count). The highest BCUT2D eigenvalue weighted by Crippen LogP contribution is 2.36. The summed E-state index contributed by atoms with van der Waals surface area (Å²) in [6, 6.07) is 11.3. The number of benzene rings is 1. The Balaban J connectivity index is 1.62. The zero-order chi connectivity index (χ0) is 21.5. The number of nitrogens with two attached hydrogens (primary N) is 1. The maximum atomic E-state index is 12.7. The Bertz CT molecular complexity index is 930. The number of carboxylic acids is 1. The van der Waals surface area contributed by atoms with Crippen molar-refractivity contribution in [3.05, 3.63) is 59.9 Å². The van der Waals surface area contributed by atoms with E-state index in [1.54, 1.807) is 48.7 Å². The summed E-state index contributed by atoms with van der Waals surface area (Å²) >= 11 is 0. The molecule has 0 aliphatic heterocycles. The van der Waals surface area contributed by atoms with Crippen molar-refractivity contribution in [1.82, 2.24) is 10.3 Å². The highest BCUT2D eigenvalue weighted by Gasteiger charge is 2.42. The molecule has 1 aliphatic carbocycles. The largest absolute Gasteiger partial charge is 0.481 e. The van der Waals surface area contributed by atoms with E-state index in [1.807, 2.05) is 0 Å². The first-order valence-corrected chi connectivity index (χ1v) is 9.55. The molecule has 9 heteroatoms. The molecule has 0 bridgehead atoms. The average Bonchev–Trinajstić information content (AvgIpc) is 2.68. The van der Waals surface area contributed by atoms with Crippen LogP contribution in [0.4, 0.5) is 5.69 Å². The number of carboxylic acid groups (broad SMARTS) is 1. The van der Waals surface area contributed by atoms with E-state index in [0.717, 1.165) is 5.56 Å². The first-order valence-electron chi connectivity index (χ1n) is 9.55. The quantitative estimate of drug-likeness (QED) is 0.296. The zero-order valence-electron chi connectivity index (χ0n) is 16.2. The lowest BCUT2D eigenvalue weighted by molar-refractivity contribution is -0.140. The Morgan fingerprint density at radius 3 is 2.40 bits per heavy atom. The van der Waals surface area contributed by atoms with E-state index in [1.165, 1.54) is 6.21 Å². The third-order valence-corrected chi connectivity index (χ3v) is 5.09. The van der Waals surface area contributed by atoms with Gasteiger partial charge in [-0.05, 0) is 42.7 Å². The number of hydrazone groups is 1. The minimum absolute atomic E-state index is 0.241. The molecule has 156 valence electrons. The molecule has 0 saturated heterocycles. The number of aliphatic carboxylic acids is 1. The molecule has 1 heterocycles. The molecule has 3 unspecified atom stereocenters. The van der Waals surface area contributed by atoms with Crippen LogP contribution in [0.5, 0.6) is 0 Å². The summed E-state index contributed by atoms with van der Waals surface area (Å²) in [5, 5.41) is 18.2. The van der Waals surface area contributed by atoms with Gasteiger partial charge in [-0.2, -0.15) is 5.10 Å². The van der Waals surface area contributed by atoms with Crippen molar-refractivity contribution in [2.75, 3.05) is 5.32 Å². The third kappa shape index (κ3) is 5.19. The second-order valence-electron chi connectivity index (χ2n) is 7.09. The summed E-state index contributed by atoms with van der Waals surface area (Å²) in [7, 11) is 0. The molecular weight excluding hydrogens is 386 g/mol. The van der Waals surface area contributed by atoms with Crippen molar-refractivity contribution in [2.45, 2.75) is 25.3 Å². The van der Waals surface area contributed by atoms with Crippen LogP contribution in [0.15, 0.2) is 53.8 Å². The van der Waals surface area contributed by atoms with Gasteiger partial charge >= 0.3 is 5.97 Å². The normalized spacial score (nSPS) is 18.9. The summed E-state index contributed by atoms with van der Waals surface area (Å²) in [5.41, 5.74) is 1.88. The highest BCUT2D eigenvalue weighted by atomic mass is 16.4. The van der Waals surface area contributed by atoms with Gasteiger partial charge in [0.25, 0.3) is 0 Å². The molecule has 0 spiro atoms. The Kier molecular flexibility index (Phi) is 6.74. The number of rotatable bonds is 8. The molecule has 9 nitrogen and oxygen atoms in total. The van der Waals surface area contributed by atoms with Crippen LogP contribution < -0.4 is 16.5 Å². The van der Waals surface area contributed by atoms with Crippen LogP contribution in [-0.4, -0.2) is 34.1 Å². The summed E-state index contributed by atoms with van der Waals surface area (Å²) in [6.45, 7) is 0. The minimum atomic E-state index is -1.04. The lowest BCUT2D eigenvalue weighted by Gasteiger charge is -2.35. The molecule has 1 aromatic heterocycles. The van der Waals surface area contributed by atoms with Gasteiger partial charge in [0.05, 0.1) is 24.4 Å². The van der Waals surface area contributed by atoms with E-state index in [2.05, 4.69) is 20.7 Å². The van der Waals surface area contributed by atoms with E-state index < -0.39 is 23.8 Å². The monoisotopic (exact) mass is 409 g/mol. The second kappa shape index (κ2) is 9.64. The van der Waals surface area contributed by atoms with Crippen molar-refractivity contribution in [2.24, 2.45) is 22.8 Å². The number of amides is 2. The number of aromatic nitrogens is 1. The van der Waals surface area contributed by atoms with Crippen molar-refractivity contribution in [3.8, 4) is 0 Å². The third-order valence-electron chi connectivity index (χ3n) is 5.09. The lowest BCUT2D eigenvalue weighted by atomic mass is 9.72. The standard InChI is InChI=1S/C21H23N5O4/c22-24-12-13-4-6-14(7-5-13)25-20(29)15-8-9-16(15)21(30)26-18(11-19(27)28)17-3-1-2-10-23-17/h1-7,10,12,15-16,18H,8-9,11,22H2,(H,25,29)(H,26,30)(H,27,28). The molecule has 1 aliphatic rings. The van der Waals surface area contributed by atoms with Crippen LogP contribution in [0.2, 0.25) is 0 Å². The number of nitrogens with zero attached hydrogens (tertiary/aromatic N) is 2. The van der Waals surface area contributed by atoms with Crippen LogP contribution in [-0.2, 0) is 14.4 Å². The van der Waals surface area contributed by atoms with Crippen LogP contribution in [0.25, 0.3) is 0 Å². The van der Waals surface area contributed by atoms with Crippen LogP contribution in [0.3, 0.4) is 0 Å². The van der Waals surface area contributed by atoms with E-state index in [9.17, 15) is 14.4 Å². The van der Waals surface area contributed by atoms with Gasteiger partial charge in [0.2, 0.25) is 11.8 Å². The fourth-order valence-electron chi connectivity index (χ4n) is 3.37. The van der Waals surface area contributed by atoms with Gasteiger partial charge in [0.15, 0.2) is 0 Å². The lowest BCUT2D eigenvalue weighted by Crippen LogP contribution is -2.47. The van der Waals surface area contributed by atoms with Gasteiger partial charge in [0, 0.05) is 23.7 Å². The number of nitrogens with one attached hydrogen (secondary N) is 2. The van der Waals surface area contributed by atoms with E-state index in [-0.39, 0.29) is 18.2 Å². The first kappa shape index (κ1) is 21.0. The Hall–Kier alpha value is -3.75. The molecule has 2 aromatic rings. The van der Waals surface area contributed by atoms with E-state index in [0.29, 0.717) is 24.2 Å².